The Labute approximate surface area is 162 Å². The van der Waals surface area contributed by atoms with E-state index in [1.807, 2.05) is 0 Å². The second kappa shape index (κ2) is 7.34. The average molecular weight is 411 g/mol. The highest BCUT2D eigenvalue weighted by Crippen LogP contribution is 2.30. The lowest BCUT2D eigenvalue weighted by Gasteiger charge is -2.33. The summed E-state index contributed by atoms with van der Waals surface area (Å²) < 4.78 is 41.8. The van der Waals surface area contributed by atoms with E-state index in [9.17, 15) is 18.0 Å². The van der Waals surface area contributed by atoms with Crippen LogP contribution in [0, 0.1) is 5.82 Å². The van der Waals surface area contributed by atoms with Gasteiger partial charge in [0.1, 0.15) is 17.2 Å². The highest BCUT2D eigenvalue weighted by atomic mass is 35.5. The van der Waals surface area contributed by atoms with Crippen LogP contribution < -0.4 is 0 Å². The van der Waals surface area contributed by atoms with Crippen LogP contribution in [-0.2, 0) is 0 Å². The number of aromatic nitrogens is 5. The smallest absolute Gasteiger partial charge is 0.280 e. The molecule has 1 atom stereocenters. The van der Waals surface area contributed by atoms with Crippen molar-refractivity contribution in [3.8, 4) is 0 Å². The highest BCUT2D eigenvalue weighted by molar-refractivity contribution is 6.29. The summed E-state index contributed by atoms with van der Waals surface area (Å²) in [7, 11) is 0. The molecule has 3 aromatic rings. The van der Waals surface area contributed by atoms with Gasteiger partial charge in [0.25, 0.3) is 18.1 Å². The summed E-state index contributed by atoms with van der Waals surface area (Å²) in [6.45, 7) is 0.641. The van der Waals surface area contributed by atoms with Gasteiger partial charge in [0.15, 0.2) is 5.82 Å². The van der Waals surface area contributed by atoms with Crippen molar-refractivity contribution in [2.75, 3.05) is 13.1 Å². The number of fused-ring (bicyclic) bond motifs is 1. The number of amides is 1. The van der Waals surface area contributed by atoms with Crippen molar-refractivity contribution in [1.29, 1.82) is 0 Å². The molecule has 0 aliphatic carbocycles. The molecule has 7 nitrogen and oxygen atoms in total. The standard InChI is InChI=1S/C17H14ClF3N6O/c18-14-4-10(11(19)6-22-14)16(28)26-3-1-2-9(7-26)13-5-12(15(20)21)25-17-23-8-24-27(13)17/h4-6,8-9,15H,1-3,7H2/t9-/m0/s1. The number of likely N-dealkylation sites (tertiary alicyclic amines) is 1. The Kier molecular flexibility index (Phi) is 4.88. The van der Waals surface area contributed by atoms with Gasteiger partial charge in [-0.2, -0.15) is 10.1 Å². The molecule has 0 aromatic carbocycles. The van der Waals surface area contributed by atoms with E-state index in [2.05, 4.69) is 20.1 Å². The summed E-state index contributed by atoms with van der Waals surface area (Å²) in [6.07, 6.45) is 0.661. The van der Waals surface area contributed by atoms with Gasteiger partial charge in [0.05, 0.1) is 17.5 Å². The normalized spacial score (nSPS) is 17.5. The fourth-order valence-corrected chi connectivity index (χ4v) is 3.57. The first-order valence-electron chi connectivity index (χ1n) is 8.53. The van der Waals surface area contributed by atoms with Crippen LogP contribution in [0.3, 0.4) is 0 Å². The predicted octanol–water partition coefficient (Wildman–Crippen LogP) is 3.27. The molecule has 0 N–H and O–H groups in total. The molecular weight excluding hydrogens is 397 g/mol. The predicted molar refractivity (Wildman–Crippen MR) is 92.8 cm³/mol. The molecule has 0 radical (unpaired) electrons. The molecule has 3 aromatic heterocycles. The minimum atomic E-state index is -2.75. The van der Waals surface area contributed by atoms with Crippen molar-refractivity contribution in [3.63, 3.8) is 0 Å². The maximum Gasteiger partial charge on any atom is 0.280 e. The van der Waals surface area contributed by atoms with Crippen molar-refractivity contribution in [3.05, 3.63) is 52.6 Å². The Bertz CT molecular complexity index is 1040. The summed E-state index contributed by atoms with van der Waals surface area (Å²) in [5.74, 6) is -1.49. The molecular formula is C17H14ClF3N6O. The van der Waals surface area contributed by atoms with E-state index >= 15 is 0 Å². The minimum absolute atomic E-state index is 0.0124. The third kappa shape index (κ3) is 3.39. The van der Waals surface area contributed by atoms with Crippen molar-refractivity contribution < 1.29 is 18.0 Å². The summed E-state index contributed by atoms with van der Waals surface area (Å²) in [4.78, 5) is 25.6. The van der Waals surface area contributed by atoms with Crippen LogP contribution in [0.15, 0.2) is 24.7 Å². The summed E-state index contributed by atoms with van der Waals surface area (Å²) >= 11 is 5.78. The maximum absolute atomic E-state index is 14.0. The number of carbonyl (C=O) groups is 1. The van der Waals surface area contributed by atoms with E-state index in [0.717, 1.165) is 6.20 Å². The van der Waals surface area contributed by atoms with Gasteiger partial charge in [0, 0.05) is 19.0 Å². The number of hydrogen-bond donors (Lipinski definition) is 0. The van der Waals surface area contributed by atoms with E-state index in [-0.39, 0.29) is 29.0 Å². The molecule has 1 aliphatic rings. The van der Waals surface area contributed by atoms with E-state index in [4.69, 9.17) is 11.6 Å². The van der Waals surface area contributed by atoms with Crippen LogP contribution >= 0.6 is 11.6 Å². The van der Waals surface area contributed by atoms with Gasteiger partial charge < -0.3 is 4.90 Å². The molecule has 0 spiro atoms. The molecule has 11 heteroatoms. The third-order valence-corrected chi connectivity index (χ3v) is 4.91. The lowest BCUT2D eigenvalue weighted by Crippen LogP contribution is -2.40. The molecule has 1 saturated heterocycles. The number of halogens is 4. The molecule has 1 aliphatic heterocycles. The highest BCUT2D eigenvalue weighted by Gasteiger charge is 2.30. The molecule has 0 unspecified atom stereocenters. The van der Waals surface area contributed by atoms with Gasteiger partial charge in [0.2, 0.25) is 0 Å². The number of hydrogen-bond acceptors (Lipinski definition) is 5. The van der Waals surface area contributed by atoms with Crippen molar-refractivity contribution in [1.82, 2.24) is 29.5 Å². The van der Waals surface area contributed by atoms with E-state index in [1.54, 1.807) is 0 Å². The number of pyridine rings is 1. The Hall–Kier alpha value is -2.75. The lowest BCUT2D eigenvalue weighted by atomic mass is 9.93. The van der Waals surface area contributed by atoms with Gasteiger partial charge in [-0.15, -0.1) is 0 Å². The Morgan fingerprint density at radius 2 is 2.11 bits per heavy atom. The van der Waals surface area contributed by atoms with Crippen LogP contribution in [0.4, 0.5) is 13.2 Å². The largest absolute Gasteiger partial charge is 0.338 e. The van der Waals surface area contributed by atoms with Crippen LogP contribution in [-0.4, -0.2) is 48.5 Å². The fraction of sp³-hybridized carbons (Fsp3) is 0.353. The molecule has 146 valence electrons. The molecule has 0 saturated carbocycles. The molecule has 1 amide bonds. The molecule has 28 heavy (non-hydrogen) atoms. The zero-order valence-corrected chi connectivity index (χ0v) is 15.2. The first-order valence-corrected chi connectivity index (χ1v) is 8.91. The third-order valence-electron chi connectivity index (χ3n) is 4.70. The van der Waals surface area contributed by atoms with Gasteiger partial charge >= 0.3 is 0 Å². The van der Waals surface area contributed by atoms with Gasteiger partial charge in [-0.25, -0.2) is 27.7 Å². The Morgan fingerprint density at radius 3 is 2.89 bits per heavy atom. The van der Waals surface area contributed by atoms with Crippen LogP contribution in [0.2, 0.25) is 5.15 Å². The second-order valence-electron chi connectivity index (χ2n) is 6.46. The number of alkyl halides is 2. The summed E-state index contributed by atoms with van der Waals surface area (Å²) in [5, 5.41) is 4.07. The molecule has 0 bridgehead atoms. The second-order valence-corrected chi connectivity index (χ2v) is 6.84. The van der Waals surface area contributed by atoms with Crippen LogP contribution in [0.5, 0.6) is 0 Å². The zero-order valence-electron chi connectivity index (χ0n) is 14.4. The number of rotatable bonds is 3. The first-order chi connectivity index (χ1) is 13.4. The van der Waals surface area contributed by atoms with E-state index in [1.165, 1.54) is 27.9 Å². The first kappa shape index (κ1) is 18.6. The molecule has 1 fully saturated rings. The van der Waals surface area contributed by atoms with Crippen LogP contribution in [0.1, 0.15) is 46.9 Å². The number of piperidine rings is 1. The lowest BCUT2D eigenvalue weighted by molar-refractivity contribution is 0.0699. The summed E-state index contributed by atoms with van der Waals surface area (Å²) in [5.41, 5.74) is -0.0796. The van der Waals surface area contributed by atoms with Crippen molar-refractivity contribution >= 4 is 23.3 Å². The maximum atomic E-state index is 14.0. The van der Waals surface area contributed by atoms with E-state index < -0.39 is 23.8 Å². The van der Waals surface area contributed by atoms with Gasteiger partial charge in [-0.1, -0.05) is 11.6 Å². The SMILES string of the molecule is O=C(c1cc(Cl)ncc1F)N1CCC[C@H](c2cc(C(F)F)nc3ncnn23)C1. The van der Waals surface area contributed by atoms with Crippen molar-refractivity contribution in [2.24, 2.45) is 0 Å². The summed E-state index contributed by atoms with van der Waals surface area (Å²) in [6, 6.07) is 2.47. The number of nitrogens with zero attached hydrogens (tertiary/aromatic N) is 6. The van der Waals surface area contributed by atoms with E-state index in [0.29, 0.717) is 25.1 Å². The number of carbonyl (C=O) groups excluding carboxylic acids is 1. The molecule has 4 heterocycles. The van der Waals surface area contributed by atoms with Crippen LogP contribution in [0.25, 0.3) is 5.78 Å². The molecule has 4 rings (SSSR count). The average Bonchev–Trinajstić information content (AvgIpc) is 3.17. The fourth-order valence-electron chi connectivity index (χ4n) is 3.41. The zero-order chi connectivity index (χ0) is 19.8. The Morgan fingerprint density at radius 1 is 1.29 bits per heavy atom. The minimum Gasteiger partial charge on any atom is -0.338 e. The Balaban J connectivity index is 1.66. The van der Waals surface area contributed by atoms with Crippen molar-refractivity contribution in [2.45, 2.75) is 25.2 Å². The quantitative estimate of drug-likeness (QED) is 0.619. The topological polar surface area (TPSA) is 76.3 Å². The van der Waals surface area contributed by atoms with Gasteiger partial charge in [-0.05, 0) is 25.0 Å². The monoisotopic (exact) mass is 410 g/mol. The van der Waals surface area contributed by atoms with Gasteiger partial charge in [-0.3, -0.25) is 4.79 Å².